The predicted octanol–water partition coefficient (Wildman–Crippen LogP) is 6.31. The summed E-state index contributed by atoms with van der Waals surface area (Å²) in [5.74, 6) is 5.18. The zero-order chi connectivity index (χ0) is 18.0. The summed E-state index contributed by atoms with van der Waals surface area (Å²) in [6.07, 6.45) is 10.7. The Morgan fingerprint density at radius 3 is 2.36 bits per heavy atom. The predicted molar refractivity (Wildman–Crippen MR) is 115 cm³/mol. The van der Waals surface area contributed by atoms with Crippen molar-refractivity contribution in [1.82, 2.24) is 4.98 Å². The zero-order valence-electron chi connectivity index (χ0n) is 17.5. The fraction of sp³-hybridized carbons (Fsp3) is 1.00. The van der Waals surface area contributed by atoms with Crippen molar-refractivity contribution in [3.8, 4) is 0 Å². The lowest BCUT2D eigenvalue weighted by Gasteiger charge is -2.48. The van der Waals surface area contributed by atoms with Crippen molar-refractivity contribution in [3.05, 3.63) is 0 Å². The highest BCUT2D eigenvalue weighted by molar-refractivity contribution is 8.00. The van der Waals surface area contributed by atoms with Gasteiger partial charge in [-0.15, -0.1) is 0 Å². The van der Waals surface area contributed by atoms with Gasteiger partial charge in [-0.3, -0.25) is 0 Å². The summed E-state index contributed by atoms with van der Waals surface area (Å²) in [5.41, 5.74) is 1.25. The van der Waals surface area contributed by atoms with Gasteiger partial charge in [-0.2, -0.15) is 11.8 Å². The van der Waals surface area contributed by atoms with E-state index in [9.17, 15) is 0 Å². The van der Waals surface area contributed by atoms with Crippen LogP contribution in [0.3, 0.4) is 0 Å². The maximum Gasteiger partial charge on any atom is 0.123 e. The number of hydrogen-bond donors (Lipinski definition) is 1. The van der Waals surface area contributed by atoms with Crippen LogP contribution in [0.4, 0.5) is 0 Å². The van der Waals surface area contributed by atoms with Gasteiger partial charge in [-0.05, 0) is 88.0 Å². The molecule has 0 aromatic carbocycles. The van der Waals surface area contributed by atoms with E-state index < -0.39 is 8.24 Å². The quantitative estimate of drug-likeness (QED) is 0.564. The van der Waals surface area contributed by atoms with E-state index in [1.807, 2.05) is 0 Å². The number of hydrogen-bond acceptors (Lipinski definition) is 2. The Morgan fingerprint density at radius 2 is 1.64 bits per heavy atom. The number of thioether (sulfide) groups is 1. The van der Waals surface area contributed by atoms with Gasteiger partial charge < -0.3 is 4.98 Å². The fourth-order valence-electron chi connectivity index (χ4n) is 8.06. The van der Waals surface area contributed by atoms with Crippen molar-refractivity contribution in [2.24, 2.45) is 29.6 Å². The standard InChI is InChI=1S/C22H41NSSi/c1-14-13-15-11-12-18-20(16-9-7-8-10-17(16)24-18)19(15)21(14)25(5,6)23-22(2,3)4/h14-21,23H,7-13H2,1-6H3. The smallest absolute Gasteiger partial charge is 0.123 e. The molecule has 3 saturated carbocycles. The number of nitrogens with one attached hydrogen (secondary N) is 1. The van der Waals surface area contributed by atoms with Crippen LogP contribution in [0.2, 0.25) is 18.6 Å². The van der Waals surface area contributed by atoms with Crippen LogP contribution in [0.15, 0.2) is 0 Å². The van der Waals surface area contributed by atoms with Gasteiger partial charge in [0.2, 0.25) is 0 Å². The lowest BCUT2D eigenvalue weighted by molar-refractivity contribution is 0.121. The van der Waals surface area contributed by atoms with E-state index in [1.54, 1.807) is 12.8 Å². The van der Waals surface area contributed by atoms with Crippen LogP contribution in [0, 0.1) is 29.6 Å². The first-order valence-corrected chi connectivity index (χ1v) is 15.1. The van der Waals surface area contributed by atoms with E-state index >= 15 is 0 Å². The normalized spacial score (nSPS) is 47.3. The Morgan fingerprint density at radius 1 is 0.920 bits per heavy atom. The van der Waals surface area contributed by atoms with Crippen LogP contribution in [-0.2, 0) is 0 Å². The minimum Gasteiger partial charge on any atom is -0.332 e. The molecule has 1 N–H and O–H groups in total. The second-order valence-corrected chi connectivity index (χ2v) is 17.3. The van der Waals surface area contributed by atoms with Crippen molar-refractivity contribution < 1.29 is 0 Å². The van der Waals surface area contributed by atoms with E-state index in [-0.39, 0.29) is 5.54 Å². The second-order valence-electron chi connectivity index (χ2n) is 11.5. The van der Waals surface area contributed by atoms with Crippen molar-refractivity contribution in [3.63, 3.8) is 0 Å². The molecule has 8 atom stereocenters. The Hall–Kier alpha value is 0.527. The van der Waals surface area contributed by atoms with Crippen LogP contribution in [0.5, 0.6) is 0 Å². The van der Waals surface area contributed by atoms with E-state index in [0.717, 1.165) is 45.6 Å². The molecule has 144 valence electrons. The average molecular weight is 380 g/mol. The highest BCUT2D eigenvalue weighted by atomic mass is 32.2. The average Bonchev–Trinajstić information content (AvgIpc) is 3.00. The molecular weight excluding hydrogens is 338 g/mol. The molecule has 1 aliphatic heterocycles. The van der Waals surface area contributed by atoms with Crippen molar-refractivity contribution in [2.45, 2.75) is 107 Å². The third-order valence-corrected chi connectivity index (χ3v) is 13.9. The second kappa shape index (κ2) is 6.55. The molecule has 4 fully saturated rings. The maximum absolute atomic E-state index is 4.18. The molecule has 1 saturated heterocycles. The van der Waals surface area contributed by atoms with Crippen LogP contribution < -0.4 is 4.98 Å². The van der Waals surface area contributed by atoms with E-state index in [0.29, 0.717) is 0 Å². The molecule has 8 unspecified atom stereocenters. The van der Waals surface area contributed by atoms with Gasteiger partial charge in [0, 0.05) is 16.0 Å². The SMILES string of the molecule is CC1CC2CCC3SC4CCCCC4C3C2C1[Si](C)(C)NC(C)(C)C. The molecule has 1 heterocycles. The van der Waals surface area contributed by atoms with Gasteiger partial charge in [0.25, 0.3) is 0 Å². The monoisotopic (exact) mass is 379 g/mol. The van der Waals surface area contributed by atoms with Crippen LogP contribution in [0.25, 0.3) is 0 Å². The largest absolute Gasteiger partial charge is 0.332 e. The molecule has 0 spiro atoms. The molecule has 3 aliphatic carbocycles. The van der Waals surface area contributed by atoms with Gasteiger partial charge in [0.05, 0.1) is 0 Å². The van der Waals surface area contributed by atoms with E-state index in [2.05, 4.69) is 57.5 Å². The Labute approximate surface area is 162 Å². The van der Waals surface area contributed by atoms with Gasteiger partial charge in [0.1, 0.15) is 8.24 Å². The van der Waals surface area contributed by atoms with E-state index in [1.165, 1.54) is 32.1 Å². The molecule has 0 aromatic rings. The first-order valence-electron chi connectivity index (χ1n) is 11.1. The molecule has 4 rings (SSSR count). The molecule has 3 heteroatoms. The van der Waals surface area contributed by atoms with E-state index in [4.69, 9.17) is 0 Å². The van der Waals surface area contributed by atoms with Gasteiger partial charge >= 0.3 is 0 Å². The third kappa shape index (κ3) is 3.40. The zero-order valence-corrected chi connectivity index (χ0v) is 19.3. The van der Waals surface area contributed by atoms with Crippen LogP contribution in [-0.4, -0.2) is 24.3 Å². The van der Waals surface area contributed by atoms with Crippen molar-refractivity contribution in [2.75, 3.05) is 0 Å². The maximum atomic E-state index is 4.18. The van der Waals surface area contributed by atoms with Gasteiger partial charge in [0.15, 0.2) is 0 Å². The van der Waals surface area contributed by atoms with Gasteiger partial charge in [-0.25, -0.2) is 0 Å². The molecule has 0 radical (unpaired) electrons. The summed E-state index contributed by atoms with van der Waals surface area (Å²) >= 11 is 2.45. The Balaban J connectivity index is 1.64. The highest BCUT2D eigenvalue weighted by Gasteiger charge is 2.60. The summed E-state index contributed by atoms with van der Waals surface area (Å²) in [6, 6.07) is 0. The summed E-state index contributed by atoms with van der Waals surface area (Å²) in [7, 11) is -1.45. The fourth-order valence-corrected chi connectivity index (χ4v) is 15.3. The van der Waals surface area contributed by atoms with Crippen LogP contribution in [0.1, 0.15) is 72.6 Å². The summed E-state index contributed by atoms with van der Waals surface area (Å²) in [5, 5.41) is 2.04. The lowest BCUT2D eigenvalue weighted by atomic mass is 9.65. The minimum atomic E-state index is -1.45. The molecule has 25 heavy (non-hydrogen) atoms. The molecule has 0 bridgehead atoms. The van der Waals surface area contributed by atoms with Crippen molar-refractivity contribution in [1.29, 1.82) is 0 Å². The van der Waals surface area contributed by atoms with Crippen molar-refractivity contribution >= 4 is 20.0 Å². The lowest BCUT2D eigenvalue weighted by Crippen LogP contribution is -2.60. The Bertz CT molecular complexity index is 499. The molecule has 1 nitrogen and oxygen atoms in total. The topological polar surface area (TPSA) is 12.0 Å². The minimum absolute atomic E-state index is 0.263. The van der Waals surface area contributed by atoms with Gasteiger partial charge in [-0.1, -0.05) is 32.9 Å². The summed E-state index contributed by atoms with van der Waals surface area (Å²) in [4.78, 5) is 4.18. The molecule has 0 amide bonds. The Kier molecular flexibility index (Phi) is 4.94. The summed E-state index contributed by atoms with van der Waals surface area (Å²) in [6.45, 7) is 15.1. The molecule has 4 aliphatic rings. The van der Waals surface area contributed by atoms with Crippen LogP contribution >= 0.6 is 11.8 Å². The molecule has 0 aromatic heterocycles. The highest BCUT2D eigenvalue weighted by Crippen LogP contribution is 2.65. The molecular formula is C22H41NSSi. The summed E-state index contributed by atoms with van der Waals surface area (Å²) < 4.78 is 0. The number of rotatable bonds is 2. The first-order chi connectivity index (χ1) is 11.7. The third-order valence-electron chi connectivity index (χ3n) is 8.07. The first kappa shape index (κ1) is 18.9. The number of fused-ring (bicyclic) bond motifs is 5.